The van der Waals surface area contributed by atoms with Crippen molar-refractivity contribution in [2.75, 3.05) is 13.2 Å². The first-order valence-corrected chi connectivity index (χ1v) is 4.57. The summed E-state index contributed by atoms with van der Waals surface area (Å²) in [5, 5.41) is 2.12. The molecule has 0 aliphatic carbocycles. The number of amides is 1. The summed E-state index contributed by atoms with van der Waals surface area (Å²) in [6.45, 7) is 2.48. The van der Waals surface area contributed by atoms with Gasteiger partial charge in [0, 0.05) is 0 Å². The van der Waals surface area contributed by atoms with Crippen molar-refractivity contribution in [3.63, 3.8) is 0 Å². The Balaban J connectivity index is 3.12. The van der Waals surface area contributed by atoms with Crippen molar-refractivity contribution >= 4 is 12.4 Å². The van der Waals surface area contributed by atoms with E-state index < -0.39 is 5.97 Å². The second kappa shape index (κ2) is 9.03. The Hall–Kier alpha value is -1.06. The van der Waals surface area contributed by atoms with Gasteiger partial charge in [0.1, 0.15) is 6.54 Å². The zero-order valence-electron chi connectivity index (χ0n) is 7.97. The summed E-state index contributed by atoms with van der Waals surface area (Å²) in [4.78, 5) is 20.5. The minimum absolute atomic E-state index is 0.0860. The molecule has 0 fully saturated rings. The van der Waals surface area contributed by atoms with E-state index >= 15 is 0 Å². The van der Waals surface area contributed by atoms with Crippen LogP contribution < -0.4 is 5.32 Å². The molecule has 0 aliphatic heterocycles. The van der Waals surface area contributed by atoms with Crippen LogP contribution in [-0.4, -0.2) is 25.5 Å². The Bertz CT molecular complexity index is 148. The number of carbonyl (C=O) groups is 1. The van der Waals surface area contributed by atoms with Crippen LogP contribution in [0.15, 0.2) is 0 Å². The van der Waals surface area contributed by atoms with Gasteiger partial charge in [0.15, 0.2) is 0 Å². The Kier molecular flexibility index (Phi) is 8.30. The molecule has 1 radical (unpaired) electrons. The lowest BCUT2D eigenvalue weighted by atomic mass is 10.2. The van der Waals surface area contributed by atoms with E-state index in [1.165, 1.54) is 6.41 Å². The van der Waals surface area contributed by atoms with E-state index in [4.69, 9.17) is 4.74 Å². The van der Waals surface area contributed by atoms with Crippen molar-refractivity contribution in [2.24, 2.45) is 0 Å². The predicted molar refractivity (Wildman–Crippen MR) is 48.8 cm³/mol. The molecule has 0 saturated carbocycles. The van der Waals surface area contributed by atoms with Crippen LogP contribution in [0.25, 0.3) is 0 Å². The van der Waals surface area contributed by atoms with Crippen molar-refractivity contribution < 1.29 is 14.3 Å². The minimum Gasteiger partial charge on any atom is -0.464 e. The van der Waals surface area contributed by atoms with Gasteiger partial charge >= 0.3 is 12.4 Å². The number of carbonyl (C=O) groups excluding carboxylic acids is 2. The Morgan fingerprint density at radius 3 is 2.77 bits per heavy atom. The van der Waals surface area contributed by atoms with Crippen molar-refractivity contribution in [1.29, 1.82) is 0 Å². The van der Waals surface area contributed by atoms with Gasteiger partial charge in [-0.05, 0) is 6.42 Å². The molecule has 0 unspecified atom stereocenters. The summed E-state index contributed by atoms with van der Waals surface area (Å²) < 4.78 is 4.81. The van der Waals surface area contributed by atoms with Gasteiger partial charge in [-0.3, -0.25) is 9.59 Å². The highest BCUT2D eigenvalue weighted by Gasteiger charge is 2.00. The number of unbranched alkanes of at least 4 members (excludes halogenated alkanes) is 3. The average molecular weight is 186 g/mol. The van der Waals surface area contributed by atoms with Gasteiger partial charge in [-0.25, -0.2) is 0 Å². The molecule has 0 bridgehead atoms. The van der Waals surface area contributed by atoms with Crippen LogP contribution in [0.1, 0.15) is 32.6 Å². The van der Waals surface area contributed by atoms with E-state index in [9.17, 15) is 9.59 Å². The standard InChI is InChI=1S/C9H16NO3/c1-2-3-4-5-6-13-9(12)7-10-8-11/h2-7H2,1H3,(H,10,11). The minimum atomic E-state index is -0.403. The number of rotatable bonds is 8. The molecule has 4 nitrogen and oxygen atoms in total. The van der Waals surface area contributed by atoms with E-state index in [2.05, 4.69) is 12.2 Å². The molecule has 0 aliphatic rings. The van der Waals surface area contributed by atoms with Crippen LogP contribution in [-0.2, 0) is 14.3 Å². The van der Waals surface area contributed by atoms with Gasteiger partial charge in [0.05, 0.1) is 6.61 Å². The first-order chi connectivity index (χ1) is 6.31. The maximum atomic E-state index is 10.8. The van der Waals surface area contributed by atoms with Crippen molar-refractivity contribution in [1.82, 2.24) is 5.32 Å². The Morgan fingerprint density at radius 2 is 2.15 bits per heavy atom. The fourth-order valence-electron chi connectivity index (χ4n) is 0.874. The normalized spacial score (nSPS) is 9.31. The summed E-state index contributed by atoms with van der Waals surface area (Å²) in [6.07, 6.45) is 5.71. The van der Waals surface area contributed by atoms with Gasteiger partial charge in [0.25, 0.3) is 0 Å². The Morgan fingerprint density at radius 1 is 1.38 bits per heavy atom. The topological polar surface area (TPSA) is 55.4 Å². The third-order valence-electron chi connectivity index (χ3n) is 1.57. The number of nitrogens with one attached hydrogen (secondary N) is 1. The summed E-state index contributed by atoms with van der Waals surface area (Å²) in [5.41, 5.74) is 0. The molecular weight excluding hydrogens is 170 g/mol. The van der Waals surface area contributed by atoms with Crippen molar-refractivity contribution in [2.45, 2.75) is 32.6 Å². The van der Waals surface area contributed by atoms with Gasteiger partial charge in [0.2, 0.25) is 0 Å². The Labute approximate surface area is 78.6 Å². The fourth-order valence-corrected chi connectivity index (χ4v) is 0.874. The maximum Gasteiger partial charge on any atom is 0.325 e. The van der Waals surface area contributed by atoms with E-state index in [1.807, 2.05) is 0 Å². The first-order valence-electron chi connectivity index (χ1n) is 4.57. The van der Waals surface area contributed by atoms with Crippen LogP contribution in [0.4, 0.5) is 0 Å². The average Bonchev–Trinajstić information content (AvgIpc) is 2.14. The molecule has 1 amide bonds. The molecule has 0 aromatic heterocycles. The summed E-state index contributed by atoms with van der Waals surface area (Å²) >= 11 is 0. The molecular formula is C9H16NO3. The number of esters is 1. The molecule has 13 heavy (non-hydrogen) atoms. The lowest BCUT2D eigenvalue weighted by Crippen LogP contribution is -2.23. The summed E-state index contributed by atoms with van der Waals surface area (Å²) in [5.74, 6) is -0.403. The molecule has 0 aromatic rings. The second-order valence-corrected chi connectivity index (χ2v) is 2.74. The highest BCUT2D eigenvalue weighted by Crippen LogP contribution is 1.98. The molecule has 4 heteroatoms. The van der Waals surface area contributed by atoms with Crippen molar-refractivity contribution in [3.8, 4) is 0 Å². The zero-order chi connectivity index (χ0) is 9.94. The second-order valence-electron chi connectivity index (χ2n) is 2.74. The lowest BCUT2D eigenvalue weighted by molar-refractivity contribution is -0.142. The third kappa shape index (κ3) is 8.85. The van der Waals surface area contributed by atoms with Gasteiger partial charge in [-0.1, -0.05) is 26.2 Å². The van der Waals surface area contributed by atoms with Crippen LogP contribution in [0, 0.1) is 0 Å². The van der Waals surface area contributed by atoms with Gasteiger partial charge in [-0.15, -0.1) is 0 Å². The highest BCUT2D eigenvalue weighted by atomic mass is 16.5. The van der Waals surface area contributed by atoms with Crippen LogP contribution in [0.3, 0.4) is 0 Å². The van der Waals surface area contributed by atoms with Crippen LogP contribution >= 0.6 is 0 Å². The summed E-state index contributed by atoms with van der Waals surface area (Å²) in [6, 6.07) is 0. The molecule has 0 spiro atoms. The van der Waals surface area contributed by atoms with Crippen LogP contribution in [0.2, 0.25) is 0 Å². The smallest absolute Gasteiger partial charge is 0.325 e. The first kappa shape index (κ1) is 11.9. The fraction of sp³-hybridized carbons (Fsp3) is 0.778. The quantitative estimate of drug-likeness (QED) is 0.346. The van der Waals surface area contributed by atoms with E-state index in [0.29, 0.717) is 6.61 Å². The maximum absolute atomic E-state index is 10.8. The monoisotopic (exact) mass is 186 g/mol. The highest BCUT2D eigenvalue weighted by molar-refractivity contribution is 5.74. The van der Waals surface area contributed by atoms with Crippen molar-refractivity contribution in [3.05, 3.63) is 0 Å². The molecule has 0 saturated heterocycles. The van der Waals surface area contributed by atoms with E-state index in [0.717, 1.165) is 25.7 Å². The third-order valence-corrected chi connectivity index (χ3v) is 1.57. The molecule has 0 rings (SSSR count). The lowest BCUT2D eigenvalue weighted by Gasteiger charge is -2.02. The van der Waals surface area contributed by atoms with Crippen LogP contribution in [0.5, 0.6) is 0 Å². The number of hydrogen-bond donors (Lipinski definition) is 1. The molecule has 0 atom stereocenters. The molecule has 0 aromatic carbocycles. The number of hydrogen-bond acceptors (Lipinski definition) is 3. The van der Waals surface area contributed by atoms with E-state index in [-0.39, 0.29) is 6.54 Å². The zero-order valence-corrected chi connectivity index (χ0v) is 7.97. The SMILES string of the molecule is CCCCCCOC(=O)CN[C]=O. The van der Waals surface area contributed by atoms with E-state index in [1.54, 1.807) is 0 Å². The summed E-state index contributed by atoms with van der Waals surface area (Å²) in [7, 11) is 0. The van der Waals surface area contributed by atoms with Gasteiger partial charge in [-0.2, -0.15) is 0 Å². The molecule has 0 heterocycles. The predicted octanol–water partition coefficient (Wildman–Crippen LogP) is 0.767. The molecule has 75 valence electrons. The number of ether oxygens (including phenoxy) is 1. The molecule has 1 N–H and O–H groups in total. The largest absolute Gasteiger partial charge is 0.464 e. The van der Waals surface area contributed by atoms with Gasteiger partial charge < -0.3 is 10.1 Å².